The number of ether oxygens (including phenoxy) is 1. The lowest BCUT2D eigenvalue weighted by atomic mass is 9.91. The van der Waals surface area contributed by atoms with E-state index in [-0.39, 0.29) is 24.0 Å². The maximum atomic E-state index is 11.5. The number of carboxylic acids is 1. The first-order valence-corrected chi connectivity index (χ1v) is 4.44. The number of hydrogen-bond acceptors (Lipinski definition) is 3. The van der Waals surface area contributed by atoms with Gasteiger partial charge >= 0.3 is 5.97 Å². The van der Waals surface area contributed by atoms with Crippen LogP contribution in [0.5, 0.6) is 0 Å². The summed E-state index contributed by atoms with van der Waals surface area (Å²) in [4.78, 5) is 21.9. The first-order valence-electron chi connectivity index (χ1n) is 4.44. The van der Waals surface area contributed by atoms with Crippen molar-refractivity contribution < 1.29 is 19.4 Å². The minimum absolute atomic E-state index is 0.0277. The molecule has 4 nitrogen and oxygen atoms in total. The Balaban J connectivity index is 2.41. The molecule has 0 aromatic rings. The van der Waals surface area contributed by atoms with Crippen molar-refractivity contribution in [2.45, 2.75) is 19.8 Å². The zero-order valence-electron chi connectivity index (χ0n) is 7.66. The Morgan fingerprint density at radius 1 is 1.62 bits per heavy atom. The summed E-state index contributed by atoms with van der Waals surface area (Å²) in [5, 5.41) is 8.49. The van der Waals surface area contributed by atoms with Crippen molar-refractivity contribution in [1.82, 2.24) is 0 Å². The molecule has 2 unspecified atom stereocenters. The quantitative estimate of drug-likeness (QED) is 0.702. The molecule has 1 saturated heterocycles. The van der Waals surface area contributed by atoms with E-state index in [0.717, 1.165) is 6.42 Å². The van der Waals surface area contributed by atoms with Crippen molar-refractivity contribution in [1.29, 1.82) is 0 Å². The van der Waals surface area contributed by atoms with Gasteiger partial charge in [-0.25, -0.2) is 0 Å². The van der Waals surface area contributed by atoms with Gasteiger partial charge in [-0.05, 0) is 6.42 Å². The van der Waals surface area contributed by atoms with E-state index in [4.69, 9.17) is 9.84 Å². The number of carboxylic acid groups (broad SMARTS) is 1. The third-order valence-corrected chi connectivity index (χ3v) is 2.30. The van der Waals surface area contributed by atoms with Gasteiger partial charge in [-0.2, -0.15) is 0 Å². The van der Waals surface area contributed by atoms with Crippen molar-refractivity contribution in [2.75, 3.05) is 13.2 Å². The number of Topliss-reactive ketones (excluding diaryl/α,β-unsaturated/α-hetero) is 1. The van der Waals surface area contributed by atoms with E-state index in [1.807, 2.05) is 0 Å². The third-order valence-electron chi connectivity index (χ3n) is 2.30. The zero-order chi connectivity index (χ0) is 9.84. The summed E-state index contributed by atoms with van der Waals surface area (Å²) in [6.45, 7) is 2.74. The first-order chi connectivity index (χ1) is 6.11. The Morgan fingerprint density at radius 2 is 2.31 bits per heavy atom. The smallest absolute Gasteiger partial charge is 0.304 e. The lowest BCUT2D eigenvalue weighted by Gasteiger charge is -2.11. The van der Waals surface area contributed by atoms with Crippen LogP contribution in [0.2, 0.25) is 0 Å². The van der Waals surface area contributed by atoms with E-state index in [1.165, 1.54) is 0 Å². The fourth-order valence-corrected chi connectivity index (χ4v) is 1.52. The van der Waals surface area contributed by atoms with E-state index in [2.05, 4.69) is 0 Å². The van der Waals surface area contributed by atoms with Crippen LogP contribution in [0.1, 0.15) is 19.8 Å². The second-order valence-corrected chi connectivity index (χ2v) is 3.46. The second-order valence-electron chi connectivity index (χ2n) is 3.46. The van der Waals surface area contributed by atoms with Gasteiger partial charge < -0.3 is 9.84 Å². The van der Waals surface area contributed by atoms with Crippen molar-refractivity contribution in [3.63, 3.8) is 0 Å². The predicted molar refractivity (Wildman–Crippen MR) is 45.3 cm³/mol. The van der Waals surface area contributed by atoms with Crippen molar-refractivity contribution in [2.24, 2.45) is 11.8 Å². The summed E-state index contributed by atoms with van der Waals surface area (Å²) < 4.78 is 5.07. The highest BCUT2D eigenvalue weighted by Gasteiger charge is 2.28. The van der Waals surface area contributed by atoms with Crippen molar-refractivity contribution >= 4 is 11.8 Å². The van der Waals surface area contributed by atoms with Gasteiger partial charge in [0.2, 0.25) is 0 Å². The molecule has 1 N–H and O–H groups in total. The van der Waals surface area contributed by atoms with Gasteiger partial charge in [0, 0.05) is 18.4 Å². The van der Waals surface area contributed by atoms with Crippen LogP contribution in [0.25, 0.3) is 0 Å². The Kier molecular flexibility index (Phi) is 3.42. The Morgan fingerprint density at radius 3 is 2.77 bits per heavy atom. The molecule has 0 radical (unpaired) electrons. The predicted octanol–water partition coefficient (Wildman–Crippen LogP) is 0.703. The standard InChI is InChI=1S/C9H14O4/c1-6(4-8(10)11)9(12)7-2-3-13-5-7/h6-7H,2-5H2,1H3,(H,10,11). The van der Waals surface area contributed by atoms with E-state index < -0.39 is 5.97 Å². The molecule has 1 rings (SSSR count). The number of carbonyl (C=O) groups is 2. The topological polar surface area (TPSA) is 63.6 Å². The number of carbonyl (C=O) groups excluding carboxylic acids is 1. The highest BCUT2D eigenvalue weighted by Crippen LogP contribution is 2.19. The first kappa shape index (κ1) is 10.2. The number of rotatable bonds is 4. The van der Waals surface area contributed by atoms with Crippen LogP contribution < -0.4 is 0 Å². The lowest BCUT2D eigenvalue weighted by molar-refractivity contribution is -0.141. The molecule has 1 heterocycles. The maximum absolute atomic E-state index is 11.5. The van der Waals surface area contributed by atoms with Crippen LogP contribution in [-0.2, 0) is 14.3 Å². The van der Waals surface area contributed by atoms with Crippen molar-refractivity contribution in [3.05, 3.63) is 0 Å². The van der Waals surface area contributed by atoms with Crippen LogP contribution in [0.3, 0.4) is 0 Å². The summed E-state index contributed by atoms with van der Waals surface area (Å²) in [6.07, 6.45) is 0.665. The van der Waals surface area contributed by atoms with Gasteiger partial charge in [0.1, 0.15) is 5.78 Å². The molecular formula is C9H14O4. The molecule has 74 valence electrons. The molecule has 1 aliphatic rings. The molecule has 0 amide bonds. The molecular weight excluding hydrogens is 172 g/mol. The minimum Gasteiger partial charge on any atom is -0.481 e. The average Bonchev–Trinajstić information content (AvgIpc) is 2.53. The second kappa shape index (κ2) is 4.37. The van der Waals surface area contributed by atoms with E-state index in [1.54, 1.807) is 6.92 Å². The van der Waals surface area contributed by atoms with Gasteiger partial charge in [0.05, 0.1) is 13.0 Å². The molecule has 0 spiro atoms. The molecule has 0 aromatic heterocycles. The maximum Gasteiger partial charge on any atom is 0.304 e. The number of ketones is 1. The van der Waals surface area contributed by atoms with E-state index >= 15 is 0 Å². The summed E-state index contributed by atoms with van der Waals surface area (Å²) in [5.74, 6) is -1.35. The Bertz CT molecular complexity index is 206. The number of aliphatic carboxylic acids is 1. The highest BCUT2D eigenvalue weighted by molar-refractivity contribution is 5.86. The normalized spacial score (nSPS) is 24.2. The molecule has 1 aliphatic heterocycles. The lowest BCUT2D eigenvalue weighted by Crippen LogP contribution is -2.23. The van der Waals surface area contributed by atoms with Gasteiger partial charge in [0.15, 0.2) is 0 Å². The summed E-state index contributed by atoms with van der Waals surface area (Å²) in [6, 6.07) is 0. The van der Waals surface area contributed by atoms with Gasteiger partial charge in [0.25, 0.3) is 0 Å². The summed E-state index contributed by atoms with van der Waals surface area (Å²) in [5.41, 5.74) is 0. The van der Waals surface area contributed by atoms with Crippen molar-refractivity contribution in [3.8, 4) is 0 Å². The molecule has 0 aromatic carbocycles. The highest BCUT2D eigenvalue weighted by atomic mass is 16.5. The molecule has 0 aliphatic carbocycles. The summed E-state index contributed by atoms with van der Waals surface area (Å²) >= 11 is 0. The minimum atomic E-state index is -0.917. The SMILES string of the molecule is CC(CC(=O)O)C(=O)C1CCOC1. The fourth-order valence-electron chi connectivity index (χ4n) is 1.52. The van der Waals surface area contributed by atoms with Gasteiger partial charge in [-0.1, -0.05) is 6.92 Å². The number of hydrogen-bond donors (Lipinski definition) is 1. The van der Waals surface area contributed by atoms with Crippen LogP contribution in [0.4, 0.5) is 0 Å². The molecule has 4 heteroatoms. The van der Waals surface area contributed by atoms with E-state index in [0.29, 0.717) is 13.2 Å². The van der Waals surface area contributed by atoms with Gasteiger partial charge in [-0.15, -0.1) is 0 Å². The average molecular weight is 186 g/mol. The van der Waals surface area contributed by atoms with Crippen LogP contribution in [0.15, 0.2) is 0 Å². The van der Waals surface area contributed by atoms with Crippen LogP contribution >= 0.6 is 0 Å². The largest absolute Gasteiger partial charge is 0.481 e. The fraction of sp³-hybridized carbons (Fsp3) is 0.778. The Labute approximate surface area is 76.9 Å². The molecule has 0 bridgehead atoms. The zero-order valence-corrected chi connectivity index (χ0v) is 7.66. The third kappa shape index (κ3) is 2.81. The van der Waals surface area contributed by atoms with E-state index in [9.17, 15) is 9.59 Å². The molecule has 2 atom stereocenters. The summed E-state index contributed by atoms with van der Waals surface area (Å²) in [7, 11) is 0. The molecule has 13 heavy (non-hydrogen) atoms. The monoisotopic (exact) mass is 186 g/mol. The van der Waals surface area contributed by atoms with Gasteiger partial charge in [-0.3, -0.25) is 9.59 Å². The Hall–Kier alpha value is -0.900. The molecule has 0 saturated carbocycles. The van der Waals surface area contributed by atoms with Crippen LogP contribution in [0, 0.1) is 11.8 Å². The molecule has 1 fully saturated rings. The van der Waals surface area contributed by atoms with Crippen LogP contribution in [-0.4, -0.2) is 30.1 Å².